The van der Waals surface area contributed by atoms with Crippen LogP contribution in [-0.4, -0.2) is 21.7 Å². The van der Waals surface area contributed by atoms with Crippen LogP contribution in [0.4, 0.5) is 0 Å². The molecule has 2 aromatic rings. The Hall–Kier alpha value is -3.74. The van der Waals surface area contributed by atoms with Crippen molar-refractivity contribution in [1.29, 1.82) is 0 Å². The van der Waals surface area contributed by atoms with Gasteiger partial charge in [0.15, 0.2) is 11.5 Å². The molecule has 6 nitrogen and oxygen atoms in total. The minimum absolute atomic E-state index is 0.0450. The molecule has 5 rings (SSSR count). The van der Waals surface area contributed by atoms with Crippen LogP contribution >= 0.6 is 0 Å². The molecule has 3 aliphatic rings. The molecule has 0 radical (unpaired) electrons. The van der Waals surface area contributed by atoms with Gasteiger partial charge in [0.25, 0.3) is 5.84 Å². The topological polar surface area (TPSA) is 80.2 Å². The van der Waals surface area contributed by atoms with Crippen LogP contribution in [0, 0.1) is 0 Å². The number of fused-ring (bicyclic) bond motifs is 1. The summed E-state index contributed by atoms with van der Waals surface area (Å²) < 4.78 is 5.77. The third-order valence-corrected chi connectivity index (χ3v) is 4.81. The zero-order valence-electron chi connectivity index (χ0n) is 14.9. The number of benzene rings is 2. The zero-order valence-corrected chi connectivity index (χ0v) is 14.9. The number of rotatable bonds is 4. The maximum absolute atomic E-state index is 10.3. The van der Waals surface area contributed by atoms with E-state index >= 15 is 0 Å². The molecule has 2 aliphatic heterocycles. The fourth-order valence-corrected chi connectivity index (χ4v) is 3.29. The molecule has 1 atom stereocenters. The lowest BCUT2D eigenvalue weighted by atomic mass is 10.0. The largest absolute Gasteiger partial charge is 0.504 e. The molecular weight excluding hydrogens is 352 g/mol. The molecule has 28 heavy (non-hydrogen) atoms. The van der Waals surface area contributed by atoms with Crippen LogP contribution in [0.15, 0.2) is 106 Å². The number of phenols is 1. The van der Waals surface area contributed by atoms with E-state index in [1.165, 1.54) is 0 Å². The van der Waals surface area contributed by atoms with Crippen molar-refractivity contribution in [2.24, 2.45) is 15.8 Å². The molecule has 2 heterocycles. The Morgan fingerprint density at radius 3 is 2.64 bits per heavy atom. The highest BCUT2D eigenvalue weighted by Crippen LogP contribution is 2.38. The first-order valence-electron chi connectivity index (χ1n) is 8.82. The Balaban J connectivity index is 1.57. The van der Waals surface area contributed by atoms with E-state index in [1.807, 2.05) is 48.6 Å². The minimum Gasteiger partial charge on any atom is -0.504 e. The van der Waals surface area contributed by atoms with Gasteiger partial charge in [-0.05, 0) is 30.3 Å². The highest BCUT2D eigenvalue weighted by atomic mass is 16.5. The molecule has 0 bridgehead atoms. The summed E-state index contributed by atoms with van der Waals surface area (Å²) >= 11 is 0. The van der Waals surface area contributed by atoms with Crippen LogP contribution in [-0.2, 0) is 0 Å². The second-order valence-corrected chi connectivity index (χ2v) is 6.60. The Labute approximate surface area is 161 Å². The van der Waals surface area contributed by atoms with Crippen LogP contribution in [0.2, 0.25) is 0 Å². The van der Waals surface area contributed by atoms with Gasteiger partial charge in [-0.15, -0.1) is 4.59 Å². The average molecular weight is 369 g/mol. The summed E-state index contributed by atoms with van der Waals surface area (Å²) in [6.07, 6.45) is 11.1. The summed E-state index contributed by atoms with van der Waals surface area (Å²) in [5.74, 6) is 8.35. The van der Waals surface area contributed by atoms with Crippen molar-refractivity contribution in [3.05, 3.63) is 102 Å². The molecule has 136 valence electrons. The van der Waals surface area contributed by atoms with E-state index in [9.17, 15) is 5.11 Å². The first-order chi connectivity index (χ1) is 13.6. The van der Waals surface area contributed by atoms with Gasteiger partial charge in [0.1, 0.15) is 17.6 Å². The standard InChI is InChI=1S/C22H16N4O2/c23-26-12-11-24-14-18(26)21(15-5-4-6-15)25-22(26)16-9-10-19(27)20(13-16)28-17-7-2-1-3-8-17/h1-14H,23H2/p+1. The summed E-state index contributed by atoms with van der Waals surface area (Å²) in [6, 6.07) is 14.4. The molecule has 1 unspecified atom stereocenters. The molecule has 0 amide bonds. The summed E-state index contributed by atoms with van der Waals surface area (Å²) in [5.41, 5.74) is 3.36. The maximum atomic E-state index is 10.3. The van der Waals surface area contributed by atoms with Gasteiger partial charge in [0.2, 0.25) is 5.70 Å². The predicted octanol–water partition coefficient (Wildman–Crippen LogP) is 3.90. The third kappa shape index (κ3) is 2.51. The molecule has 0 saturated heterocycles. The van der Waals surface area contributed by atoms with Crippen molar-refractivity contribution >= 4 is 12.1 Å². The van der Waals surface area contributed by atoms with Crippen molar-refractivity contribution in [3.63, 3.8) is 0 Å². The van der Waals surface area contributed by atoms with Crippen LogP contribution < -0.4 is 10.6 Å². The van der Waals surface area contributed by atoms with Crippen LogP contribution in [0.5, 0.6) is 17.2 Å². The van der Waals surface area contributed by atoms with Crippen molar-refractivity contribution in [3.8, 4) is 17.2 Å². The van der Waals surface area contributed by atoms with Gasteiger partial charge in [0.05, 0.1) is 18.0 Å². The number of para-hydroxylation sites is 1. The number of hydrogen-bond donors (Lipinski definition) is 2. The van der Waals surface area contributed by atoms with E-state index in [0.29, 0.717) is 17.3 Å². The summed E-state index contributed by atoms with van der Waals surface area (Å²) in [4.78, 5) is 9.04. The maximum Gasteiger partial charge on any atom is 0.265 e. The lowest BCUT2D eigenvalue weighted by molar-refractivity contribution is -0.750. The lowest BCUT2D eigenvalue weighted by Gasteiger charge is -2.26. The number of nitrogens with two attached hydrogens (primary N) is 1. The zero-order chi connectivity index (χ0) is 19.1. The Morgan fingerprint density at radius 1 is 1.07 bits per heavy atom. The molecule has 0 fully saturated rings. The van der Waals surface area contributed by atoms with E-state index < -0.39 is 0 Å². The van der Waals surface area contributed by atoms with E-state index in [0.717, 1.165) is 22.5 Å². The van der Waals surface area contributed by atoms with Crippen molar-refractivity contribution < 1.29 is 14.4 Å². The molecule has 0 aromatic heterocycles. The first-order valence-corrected chi connectivity index (χ1v) is 8.82. The molecule has 0 spiro atoms. The van der Waals surface area contributed by atoms with Gasteiger partial charge in [-0.2, -0.15) is 10.8 Å². The summed E-state index contributed by atoms with van der Waals surface area (Å²) in [5, 5.41) is 10.3. The number of hydrogen-bond acceptors (Lipinski definition) is 5. The number of allylic oxidation sites excluding steroid dienone is 4. The van der Waals surface area contributed by atoms with E-state index in [4.69, 9.17) is 15.6 Å². The van der Waals surface area contributed by atoms with Crippen molar-refractivity contribution in [1.82, 2.24) is 0 Å². The lowest BCUT2D eigenvalue weighted by Crippen LogP contribution is -2.53. The monoisotopic (exact) mass is 369 g/mol. The molecule has 2 aromatic carbocycles. The van der Waals surface area contributed by atoms with Gasteiger partial charge in [0, 0.05) is 5.57 Å². The molecule has 1 aliphatic carbocycles. The first kappa shape index (κ1) is 16.4. The van der Waals surface area contributed by atoms with Crippen LogP contribution in [0.1, 0.15) is 5.56 Å². The van der Waals surface area contributed by atoms with Gasteiger partial charge >= 0.3 is 0 Å². The summed E-state index contributed by atoms with van der Waals surface area (Å²) in [7, 11) is 0. The second-order valence-electron chi connectivity index (χ2n) is 6.60. The van der Waals surface area contributed by atoms with Crippen molar-refractivity contribution in [2.45, 2.75) is 0 Å². The normalized spacial score (nSPS) is 21.9. The van der Waals surface area contributed by atoms with Crippen LogP contribution in [0.3, 0.4) is 0 Å². The van der Waals surface area contributed by atoms with E-state index in [1.54, 1.807) is 36.8 Å². The smallest absolute Gasteiger partial charge is 0.265 e. The van der Waals surface area contributed by atoms with Crippen LogP contribution in [0.25, 0.3) is 0 Å². The number of ether oxygens (including phenoxy) is 1. The molecule has 3 N–H and O–H groups in total. The predicted molar refractivity (Wildman–Crippen MR) is 107 cm³/mol. The van der Waals surface area contributed by atoms with Gasteiger partial charge < -0.3 is 9.84 Å². The Bertz CT molecular complexity index is 1160. The third-order valence-electron chi connectivity index (χ3n) is 4.81. The fraction of sp³-hybridized carbons (Fsp3) is 0. The number of phenolic OH excluding ortho intramolecular Hbond substituents is 1. The molecule has 6 heteroatoms. The number of amidine groups is 1. The molecule has 0 saturated carbocycles. The van der Waals surface area contributed by atoms with Gasteiger partial charge in [-0.3, -0.25) is 4.99 Å². The number of quaternary nitrogens is 1. The fourth-order valence-electron chi connectivity index (χ4n) is 3.29. The highest BCUT2D eigenvalue weighted by molar-refractivity contribution is 6.01. The van der Waals surface area contributed by atoms with Crippen molar-refractivity contribution in [2.75, 3.05) is 0 Å². The summed E-state index contributed by atoms with van der Waals surface area (Å²) in [6.45, 7) is 0. The second kappa shape index (κ2) is 6.16. The van der Waals surface area contributed by atoms with E-state index in [2.05, 4.69) is 4.99 Å². The van der Waals surface area contributed by atoms with Gasteiger partial charge in [-0.1, -0.05) is 36.4 Å². The molecular formula is C22H17N4O2+. The number of aliphatic imine (C=N–C) groups is 2. The van der Waals surface area contributed by atoms with Gasteiger partial charge in [-0.25, -0.2) is 0 Å². The highest BCUT2D eigenvalue weighted by Gasteiger charge is 2.45. The number of aromatic hydroxyl groups is 1. The SMILES string of the molecule is N[N+]12C=CN=CC1=C(C1=CC=C1)N=C2c1ccc(O)c(Oc2ccccc2)c1. The Morgan fingerprint density at radius 2 is 1.89 bits per heavy atom. The van der Waals surface area contributed by atoms with E-state index in [-0.39, 0.29) is 10.3 Å². The minimum atomic E-state index is -0.0838. The number of nitrogens with zero attached hydrogens (tertiary/aromatic N) is 3. The average Bonchev–Trinajstić information content (AvgIpc) is 2.96. The quantitative estimate of drug-likeness (QED) is 0.634. The Kier molecular flexibility index (Phi) is 3.61.